The molecule has 7 nitrogen and oxygen atoms in total. The number of amides is 1. The molecule has 1 heterocycles. The summed E-state index contributed by atoms with van der Waals surface area (Å²) in [4.78, 5) is 36.6. The van der Waals surface area contributed by atoms with E-state index in [1.54, 1.807) is 6.08 Å². The predicted molar refractivity (Wildman–Crippen MR) is 130 cm³/mol. The maximum atomic E-state index is 12.7. The minimum Gasteiger partial charge on any atom is -0.489 e. The minimum atomic E-state index is -1.43. The number of benzene rings is 2. The average Bonchev–Trinajstić information content (AvgIpc) is 3.05. The van der Waals surface area contributed by atoms with Crippen LogP contribution >= 0.6 is 24.0 Å². The molecule has 1 saturated heterocycles. The summed E-state index contributed by atoms with van der Waals surface area (Å²) in [5, 5.41) is 17.9. The summed E-state index contributed by atoms with van der Waals surface area (Å²) in [7, 11) is 0. The zero-order valence-corrected chi connectivity index (χ0v) is 19.3. The van der Waals surface area contributed by atoms with Crippen molar-refractivity contribution in [3.05, 3.63) is 70.6 Å². The van der Waals surface area contributed by atoms with Gasteiger partial charge in [0.05, 0.1) is 4.91 Å². The fourth-order valence-electron chi connectivity index (χ4n) is 3.22. The first kappa shape index (κ1) is 24.5. The van der Waals surface area contributed by atoms with Crippen molar-refractivity contribution in [2.45, 2.75) is 25.9 Å². The number of hydrogen-bond acceptors (Lipinski definition) is 6. The quantitative estimate of drug-likeness (QED) is 0.209. The van der Waals surface area contributed by atoms with E-state index in [0.29, 0.717) is 35.2 Å². The molecule has 1 fully saturated rings. The Morgan fingerprint density at radius 1 is 1.03 bits per heavy atom. The van der Waals surface area contributed by atoms with Crippen molar-refractivity contribution >= 4 is 52.2 Å². The molecule has 2 aromatic rings. The topological polar surface area (TPSA) is 104 Å². The first-order valence-electron chi connectivity index (χ1n) is 10.3. The van der Waals surface area contributed by atoms with E-state index in [0.717, 1.165) is 16.9 Å². The van der Waals surface area contributed by atoms with Gasteiger partial charge in [-0.25, -0.2) is 0 Å². The number of thiocarbonyl (C=S) groups is 1. The van der Waals surface area contributed by atoms with Crippen LogP contribution in [0.3, 0.4) is 0 Å². The smallest absolute Gasteiger partial charge is 0.317 e. The maximum Gasteiger partial charge on any atom is 0.317 e. The molecule has 0 atom stereocenters. The van der Waals surface area contributed by atoms with Gasteiger partial charge in [-0.05, 0) is 42.2 Å². The van der Waals surface area contributed by atoms with E-state index in [9.17, 15) is 14.4 Å². The van der Waals surface area contributed by atoms with Gasteiger partial charge in [-0.1, -0.05) is 72.9 Å². The summed E-state index contributed by atoms with van der Waals surface area (Å²) in [5.41, 5.74) is 1.92. The largest absolute Gasteiger partial charge is 0.489 e. The van der Waals surface area contributed by atoms with Crippen LogP contribution in [0.25, 0.3) is 6.08 Å². The van der Waals surface area contributed by atoms with Crippen molar-refractivity contribution < 1.29 is 29.3 Å². The second-order valence-electron chi connectivity index (χ2n) is 7.40. The molecule has 0 radical (unpaired) electrons. The lowest BCUT2D eigenvalue weighted by atomic mass is 10.0. The summed E-state index contributed by atoms with van der Waals surface area (Å²) >= 11 is 6.53. The highest BCUT2D eigenvalue weighted by Gasteiger charge is 2.32. The number of carboxylic acids is 2. The number of carbonyl (C=O) groups excluding carboxylic acids is 1. The van der Waals surface area contributed by atoms with Crippen LogP contribution in [0.15, 0.2) is 59.5 Å². The highest BCUT2D eigenvalue weighted by atomic mass is 32.2. The van der Waals surface area contributed by atoms with E-state index in [1.165, 1.54) is 16.7 Å². The average molecular weight is 486 g/mol. The predicted octanol–water partition coefficient (Wildman–Crippen LogP) is 4.42. The Morgan fingerprint density at radius 3 is 2.33 bits per heavy atom. The number of hydrogen-bond donors (Lipinski definition) is 2. The third kappa shape index (κ3) is 6.90. The van der Waals surface area contributed by atoms with Gasteiger partial charge in [0, 0.05) is 6.54 Å². The number of rotatable bonds is 11. The third-order valence-corrected chi connectivity index (χ3v) is 6.40. The Bertz CT molecular complexity index is 1040. The molecule has 33 heavy (non-hydrogen) atoms. The summed E-state index contributed by atoms with van der Waals surface area (Å²) in [5.74, 6) is -3.62. The molecular formula is C24H23NO6S2. The van der Waals surface area contributed by atoms with Crippen molar-refractivity contribution in [1.29, 1.82) is 0 Å². The molecular weight excluding hydrogens is 462 g/mol. The van der Waals surface area contributed by atoms with Crippen LogP contribution in [0.4, 0.5) is 0 Å². The number of nitrogens with zero attached hydrogens (tertiary/aromatic N) is 1. The second kappa shape index (κ2) is 11.6. The van der Waals surface area contributed by atoms with Gasteiger partial charge in [-0.2, -0.15) is 0 Å². The van der Waals surface area contributed by atoms with Crippen molar-refractivity contribution in [1.82, 2.24) is 4.90 Å². The van der Waals surface area contributed by atoms with Crippen molar-refractivity contribution in [3.63, 3.8) is 0 Å². The zero-order chi connectivity index (χ0) is 23.8. The molecule has 0 saturated carbocycles. The summed E-state index contributed by atoms with van der Waals surface area (Å²) in [6.45, 7) is 0.790. The van der Waals surface area contributed by atoms with Crippen LogP contribution in [0.1, 0.15) is 30.4 Å². The van der Waals surface area contributed by atoms with Gasteiger partial charge in [0.15, 0.2) is 5.92 Å². The Kier molecular flexibility index (Phi) is 8.62. The van der Waals surface area contributed by atoms with E-state index >= 15 is 0 Å². The molecule has 1 aliphatic heterocycles. The van der Waals surface area contributed by atoms with Crippen LogP contribution in [-0.2, 0) is 21.0 Å². The number of carboxylic acid groups (broad SMARTS) is 2. The molecule has 1 aliphatic rings. The zero-order valence-electron chi connectivity index (χ0n) is 17.7. The molecule has 9 heteroatoms. The molecule has 0 aliphatic carbocycles. The number of unbranched alkanes of at least 4 members (excludes halogenated alkanes) is 1. The van der Waals surface area contributed by atoms with Crippen LogP contribution in [-0.4, -0.2) is 43.8 Å². The van der Waals surface area contributed by atoms with Gasteiger partial charge in [0.25, 0.3) is 5.91 Å². The lowest BCUT2D eigenvalue weighted by Crippen LogP contribution is -2.29. The molecule has 0 spiro atoms. The van der Waals surface area contributed by atoms with Crippen LogP contribution in [0.2, 0.25) is 0 Å². The van der Waals surface area contributed by atoms with Crippen LogP contribution in [0, 0.1) is 5.92 Å². The van der Waals surface area contributed by atoms with Crippen LogP contribution < -0.4 is 4.74 Å². The summed E-state index contributed by atoms with van der Waals surface area (Å²) in [6, 6.07) is 17.3. The normalized spacial score (nSPS) is 14.8. The highest BCUT2D eigenvalue weighted by Crippen LogP contribution is 2.33. The molecule has 2 N–H and O–H groups in total. The van der Waals surface area contributed by atoms with Gasteiger partial charge in [-0.3, -0.25) is 19.3 Å². The molecule has 172 valence electrons. The van der Waals surface area contributed by atoms with Gasteiger partial charge >= 0.3 is 11.9 Å². The Labute approximate surface area is 201 Å². The number of carbonyl (C=O) groups is 3. The Hall–Kier alpha value is -3.17. The molecule has 0 aromatic heterocycles. The highest BCUT2D eigenvalue weighted by molar-refractivity contribution is 8.26. The first-order valence-corrected chi connectivity index (χ1v) is 11.6. The fourth-order valence-corrected chi connectivity index (χ4v) is 4.52. The monoisotopic (exact) mass is 485 g/mol. The second-order valence-corrected chi connectivity index (χ2v) is 9.08. The summed E-state index contributed by atoms with van der Waals surface area (Å²) < 4.78 is 6.21. The maximum absolute atomic E-state index is 12.7. The molecule has 0 unspecified atom stereocenters. The van der Waals surface area contributed by atoms with E-state index in [-0.39, 0.29) is 12.3 Å². The van der Waals surface area contributed by atoms with E-state index in [2.05, 4.69) is 0 Å². The lowest BCUT2D eigenvalue weighted by molar-refractivity contribution is -0.154. The number of thioether (sulfide) groups is 1. The van der Waals surface area contributed by atoms with Crippen molar-refractivity contribution in [2.24, 2.45) is 5.92 Å². The molecule has 3 rings (SSSR count). The van der Waals surface area contributed by atoms with E-state index < -0.39 is 17.9 Å². The van der Waals surface area contributed by atoms with Gasteiger partial charge in [-0.15, -0.1) is 0 Å². The summed E-state index contributed by atoms with van der Waals surface area (Å²) in [6.07, 6.45) is 2.60. The Balaban J connectivity index is 1.52. The number of ether oxygens (including phenoxy) is 1. The Morgan fingerprint density at radius 2 is 1.70 bits per heavy atom. The third-order valence-electron chi connectivity index (χ3n) is 5.02. The van der Waals surface area contributed by atoms with Gasteiger partial charge < -0.3 is 14.9 Å². The van der Waals surface area contributed by atoms with Crippen molar-refractivity contribution in [2.75, 3.05) is 6.54 Å². The SMILES string of the molecule is O=C(O)C(CCCCN1C(=O)C(=Cc2ccc(OCc3ccccc3)cc2)SC1=S)C(=O)O. The number of aliphatic carboxylic acids is 2. The standard InChI is InChI=1S/C24H23NO6S2/c26-21-20(33-24(32)25(21)13-5-4-8-19(22(27)28)23(29)30)14-16-9-11-18(12-10-16)31-15-17-6-2-1-3-7-17/h1-3,6-7,9-12,14,19H,4-5,8,13,15H2,(H,27,28)(H,29,30). The molecule has 1 amide bonds. The lowest BCUT2D eigenvalue weighted by Gasteiger charge is -2.14. The van der Waals surface area contributed by atoms with E-state index in [1.807, 2.05) is 54.6 Å². The molecule has 2 aromatic carbocycles. The van der Waals surface area contributed by atoms with Crippen molar-refractivity contribution in [3.8, 4) is 5.75 Å². The first-order chi connectivity index (χ1) is 15.8. The minimum absolute atomic E-state index is 0.00793. The van der Waals surface area contributed by atoms with E-state index in [4.69, 9.17) is 27.2 Å². The van der Waals surface area contributed by atoms with Gasteiger partial charge in [0.1, 0.15) is 16.7 Å². The van der Waals surface area contributed by atoms with Gasteiger partial charge in [0.2, 0.25) is 0 Å². The fraction of sp³-hybridized carbons (Fsp3) is 0.250. The molecule has 0 bridgehead atoms. The van der Waals surface area contributed by atoms with Crippen LogP contribution in [0.5, 0.6) is 5.75 Å².